The minimum atomic E-state index is -3.79. The van der Waals surface area contributed by atoms with Crippen LogP contribution in [0.4, 0.5) is 0 Å². The highest BCUT2D eigenvalue weighted by Gasteiger charge is 2.63. The summed E-state index contributed by atoms with van der Waals surface area (Å²) in [5, 5.41) is 13.4. The molecule has 1 aromatic rings. The molecule has 22 heavy (non-hydrogen) atoms. The summed E-state index contributed by atoms with van der Waals surface area (Å²) in [7, 11) is -3.79. The fourth-order valence-electron chi connectivity index (χ4n) is 4.20. The number of hydrogen-bond donors (Lipinski definition) is 1. The highest BCUT2D eigenvalue weighted by molar-refractivity contribution is 7.89. The molecular formula is C14H20N2O5S. The van der Waals surface area contributed by atoms with Gasteiger partial charge in [0.05, 0.1) is 5.41 Å². The zero-order valence-electron chi connectivity index (χ0n) is 12.9. The Hall–Kier alpha value is -1.41. The molecule has 0 amide bonds. The van der Waals surface area contributed by atoms with Crippen LogP contribution < -0.4 is 0 Å². The highest BCUT2D eigenvalue weighted by atomic mass is 32.2. The third-order valence-corrected chi connectivity index (χ3v) is 7.44. The number of carbonyl (C=O) groups is 1. The second-order valence-electron chi connectivity index (χ2n) is 6.25. The van der Waals surface area contributed by atoms with Gasteiger partial charge in [0.15, 0.2) is 5.76 Å². The molecule has 0 spiro atoms. The quantitative estimate of drug-likeness (QED) is 0.903. The molecule has 2 aliphatic rings. The van der Waals surface area contributed by atoms with Crippen molar-refractivity contribution in [3.63, 3.8) is 0 Å². The summed E-state index contributed by atoms with van der Waals surface area (Å²) in [6.07, 6.45) is 2.11. The molecule has 3 atom stereocenters. The van der Waals surface area contributed by atoms with Crippen molar-refractivity contribution in [1.82, 2.24) is 9.46 Å². The smallest absolute Gasteiger partial charge is 0.311 e. The van der Waals surface area contributed by atoms with Crippen LogP contribution in [0.2, 0.25) is 0 Å². The molecule has 122 valence electrons. The predicted molar refractivity (Wildman–Crippen MR) is 76.8 cm³/mol. The molecule has 8 heteroatoms. The SMILES string of the molecule is CC[C@@]1(C(=O)O)C[C@@H]2CC[C@H]1N2S(=O)(=O)c1c(C)noc1C. The van der Waals surface area contributed by atoms with E-state index in [1.54, 1.807) is 13.8 Å². The highest BCUT2D eigenvalue weighted by Crippen LogP contribution is 2.54. The Labute approximate surface area is 129 Å². The lowest BCUT2D eigenvalue weighted by molar-refractivity contribution is -0.150. The van der Waals surface area contributed by atoms with Gasteiger partial charge < -0.3 is 9.63 Å². The number of aliphatic carboxylic acids is 1. The van der Waals surface area contributed by atoms with Gasteiger partial charge in [0.1, 0.15) is 10.6 Å². The number of carboxylic acids is 1. The lowest BCUT2D eigenvalue weighted by Crippen LogP contribution is -2.44. The van der Waals surface area contributed by atoms with Crippen molar-refractivity contribution in [2.75, 3.05) is 0 Å². The summed E-state index contributed by atoms with van der Waals surface area (Å²) in [5.74, 6) is -0.651. The fraction of sp³-hybridized carbons (Fsp3) is 0.714. The molecule has 3 rings (SSSR count). The van der Waals surface area contributed by atoms with Crippen LogP contribution in [-0.4, -0.2) is 41.0 Å². The van der Waals surface area contributed by atoms with E-state index < -0.39 is 27.4 Å². The Morgan fingerprint density at radius 3 is 2.59 bits per heavy atom. The molecule has 0 aromatic carbocycles. The average molecular weight is 328 g/mol. The molecule has 7 nitrogen and oxygen atoms in total. The molecule has 0 radical (unpaired) electrons. The maximum Gasteiger partial charge on any atom is 0.311 e. The molecule has 2 fully saturated rings. The number of carboxylic acid groups (broad SMARTS) is 1. The van der Waals surface area contributed by atoms with Crippen LogP contribution in [-0.2, 0) is 14.8 Å². The Morgan fingerprint density at radius 1 is 1.45 bits per heavy atom. The van der Waals surface area contributed by atoms with Gasteiger partial charge in [-0.1, -0.05) is 12.1 Å². The first-order chi connectivity index (χ1) is 10.3. The predicted octanol–water partition coefficient (Wildman–Crippen LogP) is 1.70. The second kappa shape index (κ2) is 4.79. The molecule has 3 heterocycles. The zero-order valence-corrected chi connectivity index (χ0v) is 13.7. The van der Waals surface area contributed by atoms with Gasteiger partial charge in [0.2, 0.25) is 10.0 Å². The van der Waals surface area contributed by atoms with Crippen LogP contribution in [0.5, 0.6) is 0 Å². The summed E-state index contributed by atoms with van der Waals surface area (Å²) in [6, 6.07) is -0.738. The number of aryl methyl sites for hydroxylation is 2. The van der Waals surface area contributed by atoms with Crippen LogP contribution in [0.25, 0.3) is 0 Å². The first-order valence-electron chi connectivity index (χ1n) is 7.45. The van der Waals surface area contributed by atoms with E-state index in [0.717, 1.165) is 0 Å². The summed E-state index contributed by atoms with van der Waals surface area (Å²) in [5.41, 5.74) is -0.657. The Bertz CT molecular complexity index is 706. The number of sulfonamides is 1. The van der Waals surface area contributed by atoms with Crippen molar-refractivity contribution < 1.29 is 22.8 Å². The molecule has 0 unspecified atom stereocenters. The van der Waals surface area contributed by atoms with Gasteiger partial charge in [-0.15, -0.1) is 0 Å². The lowest BCUT2D eigenvalue weighted by atomic mass is 9.72. The lowest BCUT2D eigenvalue weighted by Gasteiger charge is -2.32. The van der Waals surface area contributed by atoms with E-state index in [4.69, 9.17) is 4.52 Å². The Kier molecular flexibility index (Phi) is 3.37. The van der Waals surface area contributed by atoms with E-state index in [2.05, 4.69) is 5.16 Å². The van der Waals surface area contributed by atoms with E-state index in [1.807, 2.05) is 6.92 Å². The van der Waals surface area contributed by atoms with Gasteiger partial charge in [0.25, 0.3) is 0 Å². The minimum Gasteiger partial charge on any atom is -0.481 e. The topological polar surface area (TPSA) is 101 Å². The van der Waals surface area contributed by atoms with Gasteiger partial charge in [-0.25, -0.2) is 8.42 Å². The van der Waals surface area contributed by atoms with E-state index >= 15 is 0 Å². The van der Waals surface area contributed by atoms with Crippen molar-refractivity contribution in [3.8, 4) is 0 Å². The molecule has 2 saturated heterocycles. The first-order valence-corrected chi connectivity index (χ1v) is 8.89. The molecule has 0 saturated carbocycles. The average Bonchev–Trinajstić information content (AvgIpc) is 3.10. The Morgan fingerprint density at radius 2 is 2.14 bits per heavy atom. The number of hydrogen-bond acceptors (Lipinski definition) is 5. The normalized spacial score (nSPS) is 31.8. The molecular weight excluding hydrogens is 308 g/mol. The number of nitrogens with zero attached hydrogens (tertiary/aromatic N) is 2. The zero-order chi connectivity index (χ0) is 16.3. The number of fused-ring (bicyclic) bond motifs is 2. The van der Waals surface area contributed by atoms with Crippen LogP contribution in [0, 0.1) is 19.3 Å². The van der Waals surface area contributed by atoms with Crippen molar-refractivity contribution >= 4 is 16.0 Å². The van der Waals surface area contributed by atoms with Gasteiger partial charge in [-0.05, 0) is 39.5 Å². The summed E-state index contributed by atoms with van der Waals surface area (Å²) in [6.45, 7) is 4.97. The third-order valence-electron chi connectivity index (χ3n) is 5.24. The monoisotopic (exact) mass is 328 g/mol. The van der Waals surface area contributed by atoms with E-state index in [0.29, 0.717) is 31.4 Å². The van der Waals surface area contributed by atoms with Crippen molar-refractivity contribution in [3.05, 3.63) is 11.5 Å². The van der Waals surface area contributed by atoms with Gasteiger partial charge in [0, 0.05) is 12.1 Å². The van der Waals surface area contributed by atoms with Crippen LogP contribution in [0.15, 0.2) is 9.42 Å². The fourth-order valence-corrected chi connectivity index (χ4v) is 6.44. The van der Waals surface area contributed by atoms with Gasteiger partial charge in [-0.2, -0.15) is 4.31 Å². The molecule has 2 aliphatic heterocycles. The molecule has 1 aromatic heterocycles. The van der Waals surface area contributed by atoms with E-state index in [9.17, 15) is 18.3 Å². The molecule has 2 bridgehead atoms. The minimum absolute atomic E-state index is 0.0849. The standard InChI is InChI=1S/C14H20N2O5S/c1-4-14(13(17)18)7-10-5-6-11(14)16(10)22(19,20)12-8(2)15-21-9(12)3/h10-11H,4-7H2,1-3H3,(H,17,18)/t10-,11+,14+/m0/s1. The van der Waals surface area contributed by atoms with Gasteiger partial charge >= 0.3 is 5.97 Å². The van der Waals surface area contributed by atoms with Crippen molar-refractivity contribution in [2.45, 2.75) is 63.4 Å². The van der Waals surface area contributed by atoms with Crippen molar-refractivity contribution in [1.29, 1.82) is 0 Å². The number of rotatable bonds is 4. The van der Waals surface area contributed by atoms with Crippen molar-refractivity contribution in [2.24, 2.45) is 5.41 Å². The first kappa shape index (κ1) is 15.5. The number of aromatic nitrogens is 1. The summed E-state index contributed by atoms with van der Waals surface area (Å²) >= 11 is 0. The van der Waals surface area contributed by atoms with E-state index in [-0.39, 0.29) is 16.7 Å². The maximum atomic E-state index is 13.1. The van der Waals surface area contributed by atoms with Crippen LogP contribution in [0.1, 0.15) is 44.1 Å². The largest absolute Gasteiger partial charge is 0.481 e. The maximum absolute atomic E-state index is 13.1. The van der Waals surface area contributed by atoms with Crippen LogP contribution in [0.3, 0.4) is 0 Å². The Balaban J connectivity index is 2.09. The molecule has 1 N–H and O–H groups in total. The van der Waals surface area contributed by atoms with E-state index in [1.165, 1.54) is 4.31 Å². The third kappa shape index (κ3) is 1.80. The summed E-state index contributed by atoms with van der Waals surface area (Å²) in [4.78, 5) is 11.9. The van der Waals surface area contributed by atoms with Gasteiger partial charge in [-0.3, -0.25) is 4.79 Å². The second-order valence-corrected chi connectivity index (χ2v) is 8.03. The van der Waals surface area contributed by atoms with Crippen LogP contribution >= 0.6 is 0 Å². The molecule has 0 aliphatic carbocycles. The summed E-state index contributed by atoms with van der Waals surface area (Å²) < 4.78 is 32.5.